The summed E-state index contributed by atoms with van der Waals surface area (Å²) in [5, 5.41) is -0.00183. The molecule has 0 saturated heterocycles. The van der Waals surface area contributed by atoms with Gasteiger partial charge in [-0.2, -0.15) is 0 Å². The molecule has 0 aliphatic heterocycles. The first kappa shape index (κ1) is 13.4. The molecule has 5 heteroatoms. The van der Waals surface area contributed by atoms with E-state index in [-0.39, 0.29) is 10.6 Å². The number of hydrogen-bond acceptors (Lipinski definition) is 0. The fraction of sp³-hybridized carbons (Fsp3) is 0.0769. The van der Waals surface area contributed by atoms with Crippen LogP contribution in [0.5, 0.6) is 0 Å². The molecule has 0 saturated carbocycles. The van der Waals surface area contributed by atoms with Gasteiger partial charge in [0.15, 0.2) is 0 Å². The molecule has 1 atom stereocenters. The smallest absolute Gasteiger partial charge is 0.142 e. The number of hydrogen-bond donors (Lipinski definition) is 0. The van der Waals surface area contributed by atoms with E-state index in [0.29, 0.717) is 5.56 Å². The Morgan fingerprint density at radius 3 is 2.28 bits per heavy atom. The highest BCUT2D eigenvalue weighted by molar-refractivity contribution is 9.09. The molecule has 2 aromatic rings. The molecule has 0 nitrogen and oxygen atoms in total. The van der Waals surface area contributed by atoms with E-state index in [1.54, 1.807) is 6.07 Å². The molecule has 0 amide bonds. The fourth-order valence-corrected chi connectivity index (χ4v) is 2.33. The highest BCUT2D eigenvalue weighted by atomic mass is 79.9. The highest BCUT2D eigenvalue weighted by Crippen LogP contribution is 2.33. The molecule has 0 radical (unpaired) electrons. The zero-order valence-corrected chi connectivity index (χ0v) is 11.3. The third-order valence-electron chi connectivity index (χ3n) is 2.47. The Morgan fingerprint density at radius 2 is 1.67 bits per heavy atom. The van der Waals surface area contributed by atoms with Crippen LogP contribution in [0.4, 0.5) is 13.2 Å². The van der Waals surface area contributed by atoms with Gasteiger partial charge in [-0.15, -0.1) is 0 Å². The Morgan fingerprint density at radius 1 is 0.944 bits per heavy atom. The van der Waals surface area contributed by atoms with Crippen LogP contribution in [-0.4, -0.2) is 0 Å². The van der Waals surface area contributed by atoms with Crippen molar-refractivity contribution in [3.8, 4) is 0 Å². The largest absolute Gasteiger partial charge is 0.207 e. The molecule has 1 unspecified atom stereocenters. The lowest BCUT2D eigenvalue weighted by molar-refractivity contribution is 0.574. The molecule has 0 N–H and O–H groups in total. The molecular formula is C13H7BrClF3. The lowest BCUT2D eigenvalue weighted by Crippen LogP contribution is -1.98. The molecule has 94 valence electrons. The predicted octanol–water partition coefficient (Wildman–Crippen LogP) is 5.24. The average molecular weight is 336 g/mol. The topological polar surface area (TPSA) is 0 Å². The summed E-state index contributed by atoms with van der Waals surface area (Å²) in [5.41, 5.74) is 0.737. The number of alkyl halides is 1. The Balaban J connectivity index is 2.41. The van der Waals surface area contributed by atoms with Gasteiger partial charge in [0, 0.05) is 11.6 Å². The van der Waals surface area contributed by atoms with Crippen molar-refractivity contribution in [3.63, 3.8) is 0 Å². The second-order valence-corrected chi connectivity index (χ2v) is 5.02. The molecule has 0 aliphatic rings. The van der Waals surface area contributed by atoms with Crippen LogP contribution in [0.15, 0.2) is 36.4 Å². The van der Waals surface area contributed by atoms with Gasteiger partial charge in [-0.1, -0.05) is 39.7 Å². The molecule has 18 heavy (non-hydrogen) atoms. The summed E-state index contributed by atoms with van der Waals surface area (Å²) < 4.78 is 39.7. The zero-order valence-electron chi connectivity index (χ0n) is 8.93. The summed E-state index contributed by atoms with van der Waals surface area (Å²) in [5.74, 6) is -1.92. The minimum atomic E-state index is -0.688. The van der Waals surface area contributed by atoms with Crippen LogP contribution in [0, 0.1) is 17.5 Å². The van der Waals surface area contributed by atoms with E-state index in [4.69, 9.17) is 11.6 Å². The summed E-state index contributed by atoms with van der Waals surface area (Å²) in [7, 11) is 0. The number of halogens is 5. The lowest BCUT2D eigenvalue weighted by atomic mass is 10.0. The van der Waals surface area contributed by atoms with Crippen molar-refractivity contribution in [3.05, 3.63) is 70.0 Å². The van der Waals surface area contributed by atoms with Crippen LogP contribution in [-0.2, 0) is 0 Å². The van der Waals surface area contributed by atoms with E-state index >= 15 is 0 Å². The highest BCUT2D eigenvalue weighted by Gasteiger charge is 2.16. The Hall–Kier alpha value is -1.00. The van der Waals surface area contributed by atoms with E-state index in [2.05, 4.69) is 15.9 Å². The first-order valence-corrected chi connectivity index (χ1v) is 6.32. The van der Waals surface area contributed by atoms with E-state index in [1.165, 1.54) is 18.2 Å². The summed E-state index contributed by atoms with van der Waals surface area (Å²) in [6.07, 6.45) is 0. The molecule has 0 aliphatic carbocycles. The van der Waals surface area contributed by atoms with Crippen molar-refractivity contribution in [1.29, 1.82) is 0 Å². The molecule has 0 fully saturated rings. The third kappa shape index (κ3) is 2.70. The second-order valence-electron chi connectivity index (χ2n) is 3.70. The Kier molecular flexibility index (Phi) is 3.97. The summed E-state index contributed by atoms with van der Waals surface area (Å²) in [6.45, 7) is 0. The third-order valence-corrected chi connectivity index (χ3v) is 3.80. The van der Waals surface area contributed by atoms with E-state index in [1.807, 2.05) is 0 Å². The van der Waals surface area contributed by atoms with Crippen molar-refractivity contribution < 1.29 is 13.2 Å². The normalized spacial score (nSPS) is 12.5. The average Bonchev–Trinajstić information content (AvgIpc) is 2.32. The maximum absolute atomic E-state index is 13.6. The van der Waals surface area contributed by atoms with Gasteiger partial charge < -0.3 is 0 Å². The van der Waals surface area contributed by atoms with Gasteiger partial charge in [0.2, 0.25) is 0 Å². The standard InChI is InChI=1S/C13H7BrClF3/c14-13(7-1-4-10(15)12(18)5-7)9-3-2-8(16)6-11(9)17/h1-6,13H. The molecule has 0 heterocycles. The van der Waals surface area contributed by atoms with Crippen LogP contribution >= 0.6 is 27.5 Å². The van der Waals surface area contributed by atoms with Crippen molar-refractivity contribution in [2.24, 2.45) is 0 Å². The molecule has 2 rings (SSSR count). The van der Waals surface area contributed by atoms with Crippen LogP contribution < -0.4 is 0 Å². The summed E-state index contributed by atoms with van der Waals surface area (Å²) in [4.78, 5) is -0.565. The monoisotopic (exact) mass is 334 g/mol. The molecular weight excluding hydrogens is 328 g/mol. The van der Waals surface area contributed by atoms with Crippen LogP contribution in [0.1, 0.15) is 16.0 Å². The maximum atomic E-state index is 13.6. The van der Waals surface area contributed by atoms with Crippen LogP contribution in [0.25, 0.3) is 0 Å². The fourth-order valence-electron chi connectivity index (χ4n) is 1.56. The van der Waals surface area contributed by atoms with E-state index < -0.39 is 22.3 Å². The maximum Gasteiger partial charge on any atom is 0.142 e. The number of rotatable bonds is 2. The molecule has 0 aromatic heterocycles. The lowest BCUT2D eigenvalue weighted by Gasteiger charge is -2.12. The quantitative estimate of drug-likeness (QED) is 0.658. The van der Waals surface area contributed by atoms with Gasteiger partial charge in [-0.25, -0.2) is 13.2 Å². The Bertz CT molecular complexity index is 586. The van der Waals surface area contributed by atoms with Crippen LogP contribution in [0.2, 0.25) is 5.02 Å². The Labute approximate surface area is 116 Å². The minimum Gasteiger partial charge on any atom is -0.207 e. The van der Waals surface area contributed by atoms with Gasteiger partial charge in [0.05, 0.1) is 9.85 Å². The first-order chi connectivity index (χ1) is 8.49. The molecule has 0 spiro atoms. The summed E-state index contributed by atoms with van der Waals surface area (Å²) >= 11 is 8.83. The van der Waals surface area contributed by atoms with E-state index in [9.17, 15) is 13.2 Å². The second kappa shape index (κ2) is 5.33. The first-order valence-electron chi connectivity index (χ1n) is 5.03. The van der Waals surface area contributed by atoms with Gasteiger partial charge in [-0.05, 0) is 23.8 Å². The van der Waals surface area contributed by atoms with Crippen molar-refractivity contribution >= 4 is 27.5 Å². The van der Waals surface area contributed by atoms with Crippen LogP contribution in [0.3, 0.4) is 0 Å². The van der Waals surface area contributed by atoms with Gasteiger partial charge in [0.25, 0.3) is 0 Å². The van der Waals surface area contributed by atoms with Crippen molar-refractivity contribution in [1.82, 2.24) is 0 Å². The summed E-state index contributed by atoms with van der Waals surface area (Å²) in [6, 6.07) is 7.44. The SMILES string of the molecule is Fc1ccc(C(Br)c2ccc(Cl)c(F)c2)c(F)c1. The van der Waals surface area contributed by atoms with Gasteiger partial charge in [0.1, 0.15) is 17.5 Å². The van der Waals surface area contributed by atoms with Crippen molar-refractivity contribution in [2.75, 3.05) is 0 Å². The molecule has 2 aromatic carbocycles. The predicted molar refractivity (Wildman–Crippen MR) is 68.5 cm³/mol. The van der Waals surface area contributed by atoms with Gasteiger partial charge >= 0.3 is 0 Å². The molecule has 0 bridgehead atoms. The van der Waals surface area contributed by atoms with E-state index in [0.717, 1.165) is 12.1 Å². The van der Waals surface area contributed by atoms with Gasteiger partial charge in [-0.3, -0.25) is 0 Å². The number of benzene rings is 2. The zero-order chi connectivity index (χ0) is 13.3. The van der Waals surface area contributed by atoms with Crippen molar-refractivity contribution in [2.45, 2.75) is 4.83 Å². The minimum absolute atomic E-state index is 0.00183.